The van der Waals surface area contributed by atoms with Gasteiger partial charge in [0.05, 0.1) is 0 Å². The third kappa shape index (κ3) is 2.29. The van der Waals surface area contributed by atoms with Crippen LogP contribution in [0.15, 0.2) is 36.9 Å². The number of anilines is 1. The van der Waals surface area contributed by atoms with Crippen LogP contribution in [0.25, 0.3) is 0 Å². The zero-order valence-electron chi connectivity index (χ0n) is 13.3. The number of hydrogen-bond acceptors (Lipinski definition) is 4. The minimum absolute atomic E-state index is 0.129. The van der Waals surface area contributed by atoms with Crippen LogP contribution in [-0.4, -0.2) is 45.2 Å². The molecule has 0 unspecified atom stereocenters. The van der Waals surface area contributed by atoms with Crippen molar-refractivity contribution in [3.63, 3.8) is 0 Å². The summed E-state index contributed by atoms with van der Waals surface area (Å²) >= 11 is 0. The molecule has 2 aliphatic heterocycles. The Kier molecular flexibility index (Phi) is 3.32. The van der Waals surface area contributed by atoms with Crippen molar-refractivity contribution in [3.8, 4) is 0 Å². The second kappa shape index (κ2) is 5.37. The molecule has 1 aromatic heterocycles. The predicted octanol–water partition coefficient (Wildman–Crippen LogP) is 1.83. The van der Waals surface area contributed by atoms with E-state index in [1.807, 2.05) is 11.8 Å². The van der Waals surface area contributed by atoms with Gasteiger partial charge in [0.2, 0.25) is 5.91 Å². The minimum atomic E-state index is -0.291. The second-order valence-corrected chi connectivity index (χ2v) is 6.56. The molecule has 1 N–H and O–H groups in total. The maximum atomic E-state index is 12.7. The van der Waals surface area contributed by atoms with Gasteiger partial charge in [0.1, 0.15) is 18.7 Å². The normalized spacial score (nSPS) is 20.1. The van der Waals surface area contributed by atoms with Gasteiger partial charge in [-0.05, 0) is 31.4 Å². The van der Waals surface area contributed by atoms with Crippen LogP contribution >= 0.6 is 0 Å². The molecule has 2 aliphatic rings. The highest BCUT2D eigenvalue weighted by Gasteiger charge is 2.42. The summed E-state index contributed by atoms with van der Waals surface area (Å²) in [5.41, 5.74) is 2.85. The maximum absolute atomic E-state index is 12.7. The third-order valence-corrected chi connectivity index (χ3v) is 5.34. The van der Waals surface area contributed by atoms with Crippen molar-refractivity contribution < 1.29 is 4.79 Å². The zero-order valence-corrected chi connectivity index (χ0v) is 13.3. The SMILES string of the molecule is C[C@H](C(=O)N1CCC2(CC1)CNc1ccccc12)n1cncn1. The molecular formula is C17H21N5O. The second-order valence-electron chi connectivity index (χ2n) is 6.56. The number of nitrogens with one attached hydrogen (secondary N) is 1. The van der Waals surface area contributed by atoms with E-state index < -0.39 is 0 Å². The van der Waals surface area contributed by atoms with E-state index in [0.717, 1.165) is 32.5 Å². The Bertz CT molecular complexity index is 704. The lowest BCUT2D eigenvalue weighted by atomic mass is 9.74. The quantitative estimate of drug-likeness (QED) is 0.919. The number of nitrogens with zero attached hydrogens (tertiary/aromatic N) is 4. The van der Waals surface area contributed by atoms with Crippen molar-refractivity contribution in [1.82, 2.24) is 19.7 Å². The number of para-hydroxylation sites is 1. The van der Waals surface area contributed by atoms with Gasteiger partial charge >= 0.3 is 0 Å². The summed E-state index contributed by atoms with van der Waals surface area (Å²) in [6.07, 6.45) is 5.08. The molecule has 1 spiro atoms. The first-order valence-corrected chi connectivity index (χ1v) is 8.16. The predicted molar refractivity (Wildman–Crippen MR) is 87.2 cm³/mol. The highest BCUT2D eigenvalue weighted by molar-refractivity contribution is 5.80. The Labute approximate surface area is 135 Å². The lowest BCUT2D eigenvalue weighted by molar-refractivity contribution is -0.136. The van der Waals surface area contributed by atoms with E-state index in [1.54, 1.807) is 11.0 Å². The van der Waals surface area contributed by atoms with Crippen molar-refractivity contribution in [2.24, 2.45) is 0 Å². The Morgan fingerprint density at radius 1 is 1.30 bits per heavy atom. The van der Waals surface area contributed by atoms with E-state index in [1.165, 1.54) is 17.6 Å². The van der Waals surface area contributed by atoms with Gasteiger partial charge in [0, 0.05) is 30.7 Å². The van der Waals surface area contributed by atoms with E-state index in [0.29, 0.717) is 0 Å². The molecule has 120 valence electrons. The maximum Gasteiger partial charge on any atom is 0.247 e. The molecule has 2 aromatic rings. The van der Waals surface area contributed by atoms with E-state index in [-0.39, 0.29) is 17.4 Å². The van der Waals surface area contributed by atoms with E-state index in [2.05, 4.69) is 39.7 Å². The summed E-state index contributed by atoms with van der Waals surface area (Å²) in [6, 6.07) is 8.26. The van der Waals surface area contributed by atoms with E-state index >= 15 is 0 Å². The highest BCUT2D eigenvalue weighted by Crippen LogP contribution is 2.43. The van der Waals surface area contributed by atoms with Crippen LogP contribution in [-0.2, 0) is 10.2 Å². The van der Waals surface area contributed by atoms with Gasteiger partial charge in [-0.15, -0.1) is 0 Å². The molecule has 23 heavy (non-hydrogen) atoms. The minimum Gasteiger partial charge on any atom is -0.384 e. The average Bonchev–Trinajstić information content (AvgIpc) is 3.24. The number of carbonyl (C=O) groups is 1. The number of hydrogen-bond donors (Lipinski definition) is 1. The first-order chi connectivity index (χ1) is 11.2. The van der Waals surface area contributed by atoms with Crippen LogP contribution in [0.5, 0.6) is 0 Å². The van der Waals surface area contributed by atoms with Crippen LogP contribution in [0.4, 0.5) is 5.69 Å². The molecule has 1 aromatic carbocycles. The number of amides is 1. The van der Waals surface area contributed by atoms with E-state index in [4.69, 9.17) is 0 Å². The smallest absolute Gasteiger partial charge is 0.247 e. The first-order valence-electron chi connectivity index (χ1n) is 8.16. The molecule has 4 rings (SSSR count). The molecule has 3 heterocycles. The summed E-state index contributed by atoms with van der Waals surface area (Å²) in [6.45, 7) is 4.46. The van der Waals surface area contributed by atoms with Gasteiger partial charge in [-0.25, -0.2) is 9.67 Å². The number of likely N-dealkylation sites (tertiary alicyclic amines) is 1. The van der Waals surface area contributed by atoms with E-state index in [9.17, 15) is 4.79 Å². The molecule has 1 amide bonds. The monoisotopic (exact) mass is 311 g/mol. The van der Waals surface area contributed by atoms with Crippen LogP contribution in [0.3, 0.4) is 0 Å². The number of benzene rings is 1. The molecule has 1 atom stereocenters. The molecule has 6 heteroatoms. The Morgan fingerprint density at radius 2 is 2.09 bits per heavy atom. The first kappa shape index (κ1) is 14.2. The van der Waals surface area contributed by atoms with Crippen LogP contribution in [0.2, 0.25) is 0 Å². The van der Waals surface area contributed by atoms with Crippen LogP contribution < -0.4 is 5.32 Å². The lowest BCUT2D eigenvalue weighted by Crippen LogP contribution is -2.47. The number of fused-ring (bicyclic) bond motifs is 2. The molecule has 0 bridgehead atoms. The van der Waals surface area contributed by atoms with Crippen molar-refractivity contribution in [2.75, 3.05) is 25.0 Å². The molecular weight excluding hydrogens is 290 g/mol. The lowest BCUT2D eigenvalue weighted by Gasteiger charge is -2.40. The Balaban J connectivity index is 1.47. The Hall–Kier alpha value is -2.37. The fourth-order valence-corrected chi connectivity index (χ4v) is 3.86. The van der Waals surface area contributed by atoms with Crippen molar-refractivity contribution in [2.45, 2.75) is 31.2 Å². The van der Waals surface area contributed by atoms with Gasteiger partial charge < -0.3 is 10.2 Å². The van der Waals surface area contributed by atoms with Gasteiger partial charge in [0.25, 0.3) is 0 Å². The molecule has 1 fully saturated rings. The molecule has 1 saturated heterocycles. The van der Waals surface area contributed by atoms with Crippen molar-refractivity contribution in [3.05, 3.63) is 42.5 Å². The average molecular weight is 311 g/mol. The van der Waals surface area contributed by atoms with Gasteiger partial charge in [-0.1, -0.05) is 18.2 Å². The van der Waals surface area contributed by atoms with Crippen LogP contribution in [0.1, 0.15) is 31.4 Å². The number of piperidine rings is 1. The number of rotatable bonds is 2. The van der Waals surface area contributed by atoms with Gasteiger partial charge in [-0.3, -0.25) is 4.79 Å². The Morgan fingerprint density at radius 3 is 2.83 bits per heavy atom. The molecule has 0 radical (unpaired) electrons. The fourth-order valence-electron chi connectivity index (χ4n) is 3.86. The molecule has 0 saturated carbocycles. The summed E-state index contributed by atoms with van der Waals surface area (Å²) in [4.78, 5) is 18.6. The largest absolute Gasteiger partial charge is 0.384 e. The van der Waals surface area contributed by atoms with Crippen molar-refractivity contribution >= 4 is 11.6 Å². The summed E-state index contributed by atoms with van der Waals surface area (Å²) in [5.74, 6) is 0.129. The number of aromatic nitrogens is 3. The fraction of sp³-hybridized carbons (Fsp3) is 0.471. The van der Waals surface area contributed by atoms with Gasteiger partial charge in [0.15, 0.2) is 0 Å². The number of carbonyl (C=O) groups excluding carboxylic acids is 1. The summed E-state index contributed by atoms with van der Waals surface area (Å²) < 4.78 is 1.62. The highest BCUT2D eigenvalue weighted by atomic mass is 16.2. The zero-order chi connectivity index (χ0) is 15.9. The summed E-state index contributed by atoms with van der Waals surface area (Å²) in [5, 5.41) is 7.60. The topological polar surface area (TPSA) is 63.1 Å². The van der Waals surface area contributed by atoms with Crippen molar-refractivity contribution in [1.29, 1.82) is 0 Å². The molecule has 0 aliphatic carbocycles. The third-order valence-electron chi connectivity index (χ3n) is 5.34. The van der Waals surface area contributed by atoms with Crippen LogP contribution in [0, 0.1) is 0 Å². The van der Waals surface area contributed by atoms with Gasteiger partial charge in [-0.2, -0.15) is 5.10 Å². The molecule has 6 nitrogen and oxygen atoms in total. The standard InChI is InChI=1S/C17H21N5O/c1-13(22-12-18-11-20-22)16(23)21-8-6-17(7-9-21)10-19-15-5-3-2-4-14(15)17/h2-5,11-13,19H,6-10H2,1H3/t13-/m1/s1. The summed E-state index contributed by atoms with van der Waals surface area (Å²) in [7, 11) is 0.